The first kappa shape index (κ1) is 22.6. The molecule has 1 unspecified atom stereocenters. The number of nitrogens with two attached hydrogens (primary N) is 1. The Hall–Kier alpha value is -1.68. The molecule has 0 bridgehead atoms. The van der Waals surface area contributed by atoms with Crippen LogP contribution in [0.5, 0.6) is 0 Å². The standard InChI is InChI=1S/C25H37NOSi/c1-21(2)20-22(26)14-12-13-19-27-28(25(3,4)5,23-15-8-6-9-16-23)24-17-10-7-11-18-24/h6-12,14-18,21-22H,13,19-20,26H2,1-5H3. The highest BCUT2D eigenvalue weighted by atomic mass is 28.4. The molecule has 0 fully saturated rings. The summed E-state index contributed by atoms with van der Waals surface area (Å²) in [6, 6.07) is 21.7. The van der Waals surface area contributed by atoms with E-state index in [2.05, 4.69) is 107 Å². The fourth-order valence-corrected chi connectivity index (χ4v) is 8.52. The largest absolute Gasteiger partial charge is 0.407 e. The summed E-state index contributed by atoms with van der Waals surface area (Å²) in [5.74, 6) is 0.619. The van der Waals surface area contributed by atoms with Crippen LogP contribution in [0.2, 0.25) is 5.04 Å². The maximum absolute atomic E-state index is 6.88. The summed E-state index contributed by atoms with van der Waals surface area (Å²) in [5.41, 5.74) is 6.18. The molecule has 28 heavy (non-hydrogen) atoms. The smallest absolute Gasteiger partial charge is 0.261 e. The minimum atomic E-state index is -2.42. The lowest BCUT2D eigenvalue weighted by molar-refractivity contribution is 0.304. The van der Waals surface area contributed by atoms with Crippen LogP contribution >= 0.6 is 0 Å². The molecule has 0 amide bonds. The monoisotopic (exact) mass is 395 g/mol. The van der Waals surface area contributed by atoms with Crippen LogP contribution in [-0.4, -0.2) is 21.0 Å². The van der Waals surface area contributed by atoms with E-state index in [1.165, 1.54) is 10.4 Å². The number of hydrogen-bond donors (Lipinski definition) is 1. The van der Waals surface area contributed by atoms with Crippen LogP contribution in [0.25, 0.3) is 0 Å². The van der Waals surface area contributed by atoms with E-state index in [-0.39, 0.29) is 11.1 Å². The van der Waals surface area contributed by atoms with Gasteiger partial charge in [0.25, 0.3) is 8.32 Å². The van der Waals surface area contributed by atoms with E-state index in [1.807, 2.05) is 0 Å². The van der Waals surface area contributed by atoms with E-state index in [0.717, 1.165) is 12.8 Å². The van der Waals surface area contributed by atoms with Crippen molar-refractivity contribution in [3.05, 3.63) is 72.8 Å². The van der Waals surface area contributed by atoms with Gasteiger partial charge in [-0.05, 0) is 34.2 Å². The second-order valence-electron chi connectivity index (χ2n) is 9.02. The normalized spacial score (nSPS) is 14.0. The van der Waals surface area contributed by atoms with Crippen molar-refractivity contribution >= 4 is 18.7 Å². The third-order valence-electron chi connectivity index (χ3n) is 5.15. The zero-order valence-corrected chi connectivity index (χ0v) is 19.2. The van der Waals surface area contributed by atoms with Crippen LogP contribution in [0.3, 0.4) is 0 Å². The molecule has 0 aliphatic rings. The van der Waals surface area contributed by atoms with Gasteiger partial charge < -0.3 is 10.2 Å². The molecule has 0 aliphatic heterocycles. The molecule has 2 rings (SSSR count). The Morgan fingerprint density at radius 2 is 1.43 bits per heavy atom. The van der Waals surface area contributed by atoms with Crippen molar-refractivity contribution in [3.8, 4) is 0 Å². The van der Waals surface area contributed by atoms with Crippen molar-refractivity contribution in [1.82, 2.24) is 0 Å². The van der Waals surface area contributed by atoms with Crippen molar-refractivity contribution in [2.75, 3.05) is 6.61 Å². The summed E-state index contributed by atoms with van der Waals surface area (Å²) in [5, 5.41) is 2.68. The zero-order valence-electron chi connectivity index (χ0n) is 18.2. The summed E-state index contributed by atoms with van der Waals surface area (Å²) in [7, 11) is -2.42. The maximum Gasteiger partial charge on any atom is 0.261 e. The Morgan fingerprint density at radius 1 is 0.929 bits per heavy atom. The highest BCUT2D eigenvalue weighted by molar-refractivity contribution is 6.99. The van der Waals surface area contributed by atoms with E-state index in [4.69, 9.17) is 10.2 Å². The third-order valence-corrected chi connectivity index (χ3v) is 10.2. The van der Waals surface area contributed by atoms with Gasteiger partial charge in [0.2, 0.25) is 0 Å². The fourth-order valence-electron chi connectivity index (χ4n) is 3.94. The van der Waals surface area contributed by atoms with Gasteiger partial charge in [0.1, 0.15) is 0 Å². The van der Waals surface area contributed by atoms with Crippen molar-refractivity contribution in [2.24, 2.45) is 11.7 Å². The second-order valence-corrected chi connectivity index (χ2v) is 13.3. The van der Waals surface area contributed by atoms with E-state index >= 15 is 0 Å². The topological polar surface area (TPSA) is 35.2 Å². The van der Waals surface area contributed by atoms with Gasteiger partial charge >= 0.3 is 0 Å². The molecule has 152 valence electrons. The van der Waals surface area contributed by atoms with Gasteiger partial charge in [0.15, 0.2) is 0 Å². The lowest BCUT2D eigenvalue weighted by atomic mass is 10.0. The van der Waals surface area contributed by atoms with E-state index in [9.17, 15) is 0 Å². The predicted octanol–water partition coefficient (Wildman–Crippen LogP) is 4.88. The van der Waals surface area contributed by atoms with Crippen molar-refractivity contribution in [2.45, 2.75) is 58.5 Å². The molecule has 0 radical (unpaired) electrons. The molecular formula is C25H37NOSi. The summed E-state index contributed by atoms with van der Waals surface area (Å²) in [6.45, 7) is 12.1. The van der Waals surface area contributed by atoms with Gasteiger partial charge in [-0.25, -0.2) is 0 Å². The summed E-state index contributed by atoms with van der Waals surface area (Å²) < 4.78 is 6.88. The molecule has 1 atom stereocenters. The van der Waals surface area contributed by atoms with Gasteiger partial charge in [0, 0.05) is 12.6 Å². The first-order chi connectivity index (χ1) is 13.3. The molecule has 2 aromatic carbocycles. The van der Waals surface area contributed by atoms with Crippen LogP contribution in [0.15, 0.2) is 72.8 Å². The lowest BCUT2D eigenvalue weighted by Gasteiger charge is -2.43. The Kier molecular flexibility index (Phi) is 8.23. The molecule has 0 heterocycles. The van der Waals surface area contributed by atoms with E-state index in [0.29, 0.717) is 12.5 Å². The Labute approximate surface area is 173 Å². The average molecular weight is 396 g/mol. The minimum Gasteiger partial charge on any atom is -0.407 e. The van der Waals surface area contributed by atoms with Gasteiger partial charge in [-0.15, -0.1) is 0 Å². The molecule has 0 saturated carbocycles. The molecule has 2 N–H and O–H groups in total. The SMILES string of the molecule is CC(C)CC(N)C=CCCO[Si](c1ccccc1)(c1ccccc1)C(C)(C)C. The highest BCUT2D eigenvalue weighted by Gasteiger charge is 2.49. The van der Waals surface area contributed by atoms with E-state index < -0.39 is 8.32 Å². The van der Waals surface area contributed by atoms with Crippen LogP contribution in [0, 0.1) is 5.92 Å². The predicted molar refractivity (Wildman–Crippen MR) is 125 cm³/mol. The molecule has 3 heteroatoms. The number of benzene rings is 2. The molecule has 0 aromatic heterocycles. The highest BCUT2D eigenvalue weighted by Crippen LogP contribution is 2.36. The molecule has 0 aliphatic carbocycles. The quantitative estimate of drug-likeness (QED) is 0.373. The van der Waals surface area contributed by atoms with Crippen LogP contribution < -0.4 is 16.1 Å². The summed E-state index contributed by atoms with van der Waals surface area (Å²) in [4.78, 5) is 0. The van der Waals surface area contributed by atoms with Gasteiger partial charge in [-0.2, -0.15) is 0 Å². The van der Waals surface area contributed by atoms with Crippen LogP contribution in [0.4, 0.5) is 0 Å². The zero-order chi connectivity index (χ0) is 20.6. The number of hydrogen-bond acceptors (Lipinski definition) is 2. The Balaban J connectivity index is 2.26. The average Bonchev–Trinajstić information content (AvgIpc) is 2.64. The first-order valence-corrected chi connectivity index (χ1v) is 12.4. The summed E-state index contributed by atoms with van der Waals surface area (Å²) in [6.07, 6.45) is 6.22. The molecule has 0 spiro atoms. The number of rotatable bonds is 9. The van der Waals surface area contributed by atoms with Crippen molar-refractivity contribution < 1.29 is 4.43 Å². The molecule has 2 aromatic rings. The van der Waals surface area contributed by atoms with Crippen LogP contribution in [0.1, 0.15) is 47.5 Å². The van der Waals surface area contributed by atoms with E-state index in [1.54, 1.807) is 0 Å². The molecular weight excluding hydrogens is 358 g/mol. The first-order valence-electron chi connectivity index (χ1n) is 10.4. The Morgan fingerprint density at radius 3 is 1.86 bits per heavy atom. The van der Waals surface area contributed by atoms with Gasteiger partial charge in [-0.3, -0.25) is 0 Å². The lowest BCUT2D eigenvalue weighted by Crippen LogP contribution is -2.66. The molecule has 0 saturated heterocycles. The second kappa shape index (κ2) is 10.2. The van der Waals surface area contributed by atoms with Gasteiger partial charge in [0.05, 0.1) is 0 Å². The third kappa shape index (κ3) is 5.66. The fraction of sp³-hybridized carbons (Fsp3) is 0.440. The minimum absolute atomic E-state index is 0.0213. The van der Waals surface area contributed by atoms with Crippen molar-refractivity contribution in [3.63, 3.8) is 0 Å². The Bertz CT molecular complexity index is 680. The van der Waals surface area contributed by atoms with Gasteiger partial charge in [-0.1, -0.05) is 107 Å². The maximum atomic E-state index is 6.88. The summed E-state index contributed by atoms with van der Waals surface area (Å²) >= 11 is 0. The van der Waals surface area contributed by atoms with Crippen molar-refractivity contribution in [1.29, 1.82) is 0 Å². The molecule has 2 nitrogen and oxygen atoms in total. The van der Waals surface area contributed by atoms with Crippen LogP contribution in [-0.2, 0) is 4.43 Å².